The van der Waals surface area contributed by atoms with E-state index in [2.05, 4.69) is 31.9 Å². The van der Waals surface area contributed by atoms with E-state index in [9.17, 15) is 0 Å². The van der Waals surface area contributed by atoms with Crippen molar-refractivity contribution in [2.45, 2.75) is 51.0 Å². The molecular weight excluding hydrogens is 194 g/mol. The first-order valence-electron chi connectivity index (χ1n) is 6.93. The summed E-state index contributed by atoms with van der Waals surface area (Å²) >= 11 is 0. The molecule has 0 radical (unpaired) electrons. The lowest BCUT2D eigenvalue weighted by molar-refractivity contribution is -0.0884. The standard InChI is InChI=1S/C15H25N/c1-4-14(2,16-3)15-8-11-5-12(9-15)7-13(6-11)10-15/h4,11-13,16H,1,5-10H2,2-3H3. The van der Waals surface area contributed by atoms with Crippen molar-refractivity contribution in [1.29, 1.82) is 0 Å². The third-order valence-electron chi connectivity index (χ3n) is 6.07. The van der Waals surface area contributed by atoms with Gasteiger partial charge in [-0.25, -0.2) is 0 Å². The zero-order chi connectivity index (χ0) is 11.4. The Kier molecular flexibility index (Phi) is 2.27. The van der Waals surface area contributed by atoms with Crippen molar-refractivity contribution < 1.29 is 0 Å². The largest absolute Gasteiger partial charge is 0.311 e. The maximum atomic E-state index is 4.10. The summed E-state index contributed by atoms with van der Waals surface area (Å²) in [7, 11) is 2.11. The van der Waals surface area contributed by atoms with E-state index < -0.39 is 0 Å². The van der Waals surface area contributed by atoms with Crippen LogP contribution in [0.3, 0.4) is 0 Å². The number of hydrogen-bond acceptors (Lipinski definition) is 1. The molecule has 4 bridgehead atoms. The van der Waals surface area contributed by atoms with Gasteiger partial charge in [0.05, 0.1) is 0 Å². The van der Waals surface area contributed by atoms with Crippen LogP contribution in [-0.2, 0) is 0 Å². The quantitative estimate of drug-likeness (QED) is 0.718. The molecular formula is C15H25N. The second-order valence-electron chi connectivity index (χ2n) is 6.85. The SMILES string of the molecule is C=CC(C)(NC)C12CC3CC(CC(C3)C1)C2. The van der Waals surface area contributed by atoms with Gasteiger partial charge in [-0.2, -0.15) is 0 Å². The van der Waals surface area contributed by atoms with Crippen molar-refractivity contribution >= 4 is 0 Å². The molecule has 0 aromatic carbocycles. The normalized spacial score (nSPS) is 49.0. The first-order valence-corrected chi connectivity index (χ1v) is 6.93. The Bertz CT molecular complexity index is 271. The molecule has 4 aliphatic carbocycles. The van der Waals surface area contributed by atoms with E-state index in [-0.39, 0.29) is 5.54 Å². The lowest BCUT2D eigenvalue weighted by Crippen LogP contribution is -2.61. The fraction of sp³-hybridized carbons (Fsp3) is 0.867. The van der Waals surface area contributed by atoms with Gasteiger partial charge in [-0.05, 0) is 75.7 Å². The van der Waals surface area contributed by atoms with Crippen LogP contribution in [0.25, 0.3) is 0 Å². The lowest BCUT2D eigenvalue weighted by atomic mass is 9.45. The van der Waals surface area contributed by atoms with Crippen LogP contribution in [0.4, 0.5) is 0 Å². The van der Waals surface area contributed by atoms with Gasteiger partial charge in [-0.1, -0.05) is 6.08 Å². The highest BCUT2D eigenvalue weighted by atomic mass is 15.0. The van der Waals surface area contributed by atoms with Gasteiger partial charge in [0.2, 0.25) is 0 Å². The highest BCUT2D eigenvalue weighted by Crippen LogP contribution is 2.63. The van der Waals surface area contributed by atoms with Crippen molar-refractivity contribution in [2.75, 3.05) is 7.05 Å². The highest BCUT2D eigenvalue weighted by Gasteiger charge is 2.57. The third kappa shape index (κ3) is 1.27. The molecule has 4 saturated carbocycles. The summed E-state index contributed by atoms with van der Waals surface area (Å²) in [5, 5.41) is 3.57. The van der Waals surface area contributed by atoms with Gasteiger partial charge in [0.1, 0.15) is 0 Å². The van der Waals surface area contributed by atoms with Crippen molar-refractivity contribution in [3.8, 4) is 0 Å². The van der Waals surface area contributed by atoms with Crippen LogP contribution in [0.2, 0.25) is 0 Å². The van der Waals surface area contributed by atoms with Gasteiger partial charge in [0.25, 0.3) is 0 Å². The first-order chi connectivity index (χ1) is 7.61. The molecule has 1 atom stereocenters. The molecule has 0 aromatic rings. The zero-order valence-electron chi connectivity index (χ0n) is 10.8. The highest BCUT2D eigenvalue weighted by molar-refractivity contribution is 5.17. The van der Waals surface area contributed by atoms with Crippen LogP contribution in [0, 0.1) is 23.2 Å². The summed E-state index contributed by atoms with van der Waals surface area (Å²) in [6, 6.07) is 0. The van der Waals surface area contributed by atoms with Gasteiger partial charge < -0.3 is 5.32 Å². The van der Waals surface area contributed by atoms with E-state index in [0.717, 1.165) is 17.8 Å². The van der Waals surface area contributed by atoms with Crippen molar-refractivity contribution in [3.63, 3.8) is 0 Å². The van der Waals surface area contributed by atoms with Crippen LogP contribution in [0.1, 0.15) is 45.4 Å². The smallest absolute Gasteiger partial charge is 0.0387 e. The molecule has 4 fully saturated rings. The van der Waals surface area contributed by atoms with Gasteiger partial charge in [-0.3, -0.25) is 0 Å². The molecule has 1 nitrogen and oxygen atoms in total. The van der Waals surface area contributed by atoms with Crippen LogP contribution < -0.4 is 5.32 Å². The average Bonchev–Trinajstić information content (AvgIpc) is 2.26. The monoisotopic (exact) mass is 219 g/mol. The number of likely N-dealkylation sites (N-methyl/N-ethyl adjacent to an activating group) is 1. The Morgan fingerprint density at radius 2 is 1.56 bits per heavy atom. The fourth-order valence-corrected chi connectivity index (χ4v) is 5.33. The molecule has 0 amide bonds. The van der Waals surface area contributed by atoms with Crippen LogP contribution in [-0.4, -0.2) is 12.6 Å². The number of nitrogens with one attached hydrogen (secondary N) is 1. The predicted octanol–water partition coefficient (Wildman–Crippen LogP) is 3.37. The second kappa shape index (κ2) is 3.35. The molecule has 0 spiro atoms. The molecule has 0 heterocycles. The van der Waals surface area contributed by atoms with E-state index in [1.54, 1.807) is 0 Å². The predicted molar refractivity (Wildman–Crippen MR) is 68.3 cm³/mol. The van der Waals surface area contributed by atoms with Gasteiger partial charge in [0, 0.05) is 5.54 Å². The van der Waals surface area contributed by atoms with Crippen molar-refractivity contribution in [1.82, 2.24) is 5.32 Å². The van der Waals surface area contributed by atoms with Gasteiger partial charge in [0.15, 0.2) is 0 Å². The first kappa shape index (κ1) is 10.8. The van der Waals surface area contributed by atoms with E-state index in [1.165, 1.54) is 38.5 Å². The molecule has 1 N–H and O–H groups in total. The Morgan fingerprint density at radius 1 is 1.12 bits per heavy atom. The minimum Gasteiger partial charge on any atom is -0.311 e. The summed E-state index contributed by atoms with van der Waals surface area (Å²) in [6.45, 7) is 6.47. The molecule has 0 aromatic heterocycles. The van der Waals surface area contributed by atoms with E-state index in [0.29, 0.717) is 5.41 Å². The maximum Gasteiger partial charge on any atom is 0.0387 e. The Morgan fingerprint density at radius 3 is 1.88 bits per heavy atom. The lowest BCUT2D eigenvalue weighted by Gasteiger charge is -2.62. The molecule has 4 rings (SSSR count). The minimum absolute atomic E-state index is 0.156. The molecule has 0 saturated heterocycles. The van der Waals surface area contributed by atoms with E-state index in [1.807, 2.05) is 0 Å². The number of rotatable bonds is 3. The summed E-state index contributed by atoms with van der Waals surface area (Å²) in [5.41, 5.74) is 0.682. The van der Waals surface area contributed by atoms with Crippen LogP contribution >= 0.6 is 0 Å². The fourth-order valence-electron chi connectivity index (χ4n) is 5.33. The van der Waals surface area contributed by atoms with E-state index >= 15 is 0 Å². The van der Waals surface area contributed by atoms with Crippen molar-refractivity contribution in [3.05, 3.63) is 12.7 Å². The summed E-state index contributed by atoms with van der Waals surface area (Å²) in [4.78, 5) is 0. The summed E-state index contributed by atoms with van der Waals surface area (Å²) in [6.07, 6.45) is 11.1. The van der Waals surface area contributed by atoms with Gasteiger partial charge in [-0.15, -0.1) is 6.58 Å². The second-order valence-corrected chi connectivity index (χ2v) is 6.85. The Hall–Kier alpha value is -0.300. The topological polar surface area (TPSA) is 12.0 Å². The molecule has 16 heavy (non-hydrogen) atoms. The van der Waals surface area contributed by atoms with Crippen LogP contribution in [0.15, 0.2) is 12.7 Å². The maximum absolute atomic E-state index is 4.10. The minimum atomic E-state index is 0.156. The Balaban J connectivity index is 1.96. The van der Waals surface area contributed by atoms with Crippen molar-refractivity contribution in [2.24, 2.45) is 23.2 Å². The third-order valence-corrected chi connectivity index (χ3v) is 6.07. The molecule has 0 aliphatic heterocycles. The van der Waals surface area contributed by atoms with Crippen LogP contribution in [0.5, 0.6) is 0 Å². The molecule has 1 heteroatoms. The molecule has 90 valence electrons. The molecule has 1 unspecified atom stereocenters. The van der Waals surface area contributed by atoms with Gasteiger partial charge >= 0.3 is 0 Å². The summed E-state index contributed by atoms with van der Waals surface area (Å²) < 4.78 is 0. The average molecular weight is 219 g/mol. The van der Waals surface area contributed by atoms with E-state index in [4.69, 9.17) is 0 Å². The summed E-state index contributed by atoms with van der Waals surface area (Å²) in [5.74, 6) is 3.08. The molecule has 4 aliphatic rings. The zero-order valence-corrected chi connectivity index (χ0v) is 10.8. The Labute approximate surface area is 99.7 Å². The number of hydrogen-bond donors (Lipinski definition) is 1.